The highest BCUT2D eigenvalue weighted by Crippen LogP contribution is 2.21. The van der Waals surface area contributed by atoms with Gasteiger partial charge in [-0.2, -0.15) is 0 Å². The Hall–Kier alpha value is -1.18. The molecule has 0 bridgehead atoms. The van der Waals surface area contributed by atoms with E-state index in [0.717, 1.165) is 23.7 Å². The molecule has 0 unspecified atom stereocenters. The van der Waals surface area contributed by atoms with Gasteiger partial charge in [-0.05, 0) is 20.4 Å². The van der Waals surface area contributed by atoms with Gasteiger partial charge in [0.25, 0.3) is 0 Å². The van der Waals surface area contributed by atoms with Gasteiger partial charge in [-0.15, -0.1) is 11.3 Å². The summed E-state index contributed by atoms with van der Waals surface area (Å²) in [4.78, 5) is 21.6. The van der Waals surface area contributed by atoms with Crippen LogP contribution in [-0.4, -0.2) is 65.1 Å². The van der Waals surface area contributed by atoms with Crippen molar-refractivity contribution in [2.24, 2.45) is 0 Å². The molecule has 112 valence electrons. The molecule has 1 atom stereocenters. The Morgan fingerprint density at radius 3 is 2.90 bits per heavy atom. The van der Waals surface area contributed by atoms with Crippen molar-refractivity contribution in [1.29, 1.82) is 0 Å². The fraction of sp³-hybridized carbons (Fsp3) is 0.692. The third-order valence-corrected chi connectivity index (χ3v) is 4.80. The van der Waals surface area contributed by atoms with Crippen LogP contribution in [0.4, 0.5) is 5.13 Å². The molecule has 2 heterocycles. The van der Waals surface area contributed by atoms with E-state index in [4.69, 9.17) is 10.8 Å². The number of aryl methyl sites for hydroxylation is 1. The predicted octanol–water partition coefficient (Wildman–Crippen LogP) is 0.101. The third kappa shape index (κ3) is 3.47. The molecule has 3 N–H and O–H groups in total. The maximum atomic E-state index is 12.4. The lowest BCUT2D eigenvalue weighted by molar-refractivity contribution is -0.133. The SMILES string of the molecule is Cc1nc(N)sc1CC(=O)N1CCN(C)[C@H](CCO)C1. The predicted molar refractivity (Wildman–Crippen MR) is 79.7 cm³/mol. The Kier molecular flexibility index (Phi) is 4.95. The number of nitrogens with two attached hydrogens (primary N) is 1. The largest absolute Gasteiger partial charge is 0.396 e. The first-order valence-corrected chi connectivity index (χ1v) is 7.63. The number of aliphatic hydroxyl groups excluding tert-OH is 1. The summed E-state index contributed by atoms with van der Waals surface area (Å²) in [7, 11) is 2.04. The average molecular weight is 298 g/mol. The number of carbonyl (C=O) groups is 1. The molecule has 0 aromatic carbocycles. The van der Waals surface area contributed by atoms with E-state index in [-0.39, 0.29) is 18.6 Å². The molecule has 1 aliphatic heterocycles. The van der Waals surface area contributed by atoms with Crippen LogP contribution in [0.2, 0.25) is 0 Å². The van der Waals surface area contributed by atoms with E-state index in [9.17, 15) is 4.79 Å². The van der Waals surface area contributed by atoms with Gasteiger partial charge in [0.1, 0.15) is 0 Å². The molecular formula is C13H22N4O2S. The molecule has 2 rings (SSSR count). The van der Waals surface area contributed by atoms with Crippen LogP contribution < -0.4 is 5.73 Å². The molecule has 0 saturated carbocycles. The first-order valence-electron chi connectivity index (χ1n) is 6.82. The van der Waals surface area contributed by atoms with Crippen LogP contribution in [0.1, 0.15) is 17.0 Å². The van der Waals surface area contributed by atoms with E-state index in [0.29, 0.717) is 24.5 Å². The summed E-state index contributed by atoms with van der Waals surface area (Å²) in [5.41, 5.74) is 6.51. The number of thiazole rings is 1. The highest BCUT2D eigenvalue weighted by atomic mass is 32.1. The Morgan fingerprint density at radius 2 is 2.30 bits per heavy atom. The zero-order chi connectivity index (χ0) is 14.7. The van der Waals surface area contributed by atoms with Crippen LogP contribution in [0.3, 0.4) is 0 Å². The summed E-state index contributed by atoms with van der Waals surface area (Å²) in [6.07, 6.45) is 1.07. The number of amides is 1. The van der Waals surface area contributed by atoms with Gasteiger partial charge < -0.3 is 15.7 Å². The molecule has 0 aliphatic carbocycles. The van der Waals surface area contributed by atoms with Crippen LogP contribution >= 0.6 is 11.3 Å². The van der Waals surface area contributed by atoms with E-state index in [1.807, 2.05) is 18.9 Å². The van der Waals surface area contributed by atoms with Gasteiger partial charge in [0, 0.05) is 37.2 Å². The monoisotopic (exact) mass is 298 g/mol. The second-order valence-corrected chi connectivity index (χ2v) is 6.34. The van der Waals surface area contributed by atoms with E-state index < -0.39 is 0 Å². The lowest BCUT2D eigenvalue weighted by Crippen LogP contribution is -2.53. The Balaban J connectivity index is 1.97. The minimum absolute atomic E-state index is 0.118. The van der Waals surface area contributed by atoms with E-state index in [1.165, 1.54) is 11.3 Å². The first-order chi connectivity index (χ1) is 9.51. The molecule has 20 heavy (non-hydrogen) atoms. The molecule has 7 heteroatoms. The highest BCUT2D eigenvalue weighted by Gasteiger charge is 2.27. The van der Waals surface area contributed by atoms with Crippen LogP contribution in [0.25, 0.3) is 0 Å². The molecule has 1 aliphatic rings. The van der Waals surface area contributed by atoms with Crippen LogP contribution in [0, 0.1) is 6.92 Å². The van der Waals surface area contributed by atoms with Crippen molar-refractivity contribution in [1.82, 2.24) is 14.8 Å². The van der Waals surface area contributed by atoms with Gasteiger partial charge in [-0.1, -0.05) is 0 Å². The molecule has 1 amide bonds. The normalized spacial score (nSPS) is 20.4. The summed E-state index contributed by atoms with van der Waals surface area (Å²) in [6, 6.07) is 0.241. The molecule has 1 fully saturated rings. The van der Waals surface area contributed by atoms with Crippen molar-refractivity contribution in [3.05, 3.63) is 10.6 Å². The van der Waals surface area contributed by atoms with Gasteiger partial charge >= 0.3 is 0 Å². The average Bonchev–Trinajstić information content (AvgIpc) is 2.70. The number of aromatic nitrogens is 1. The first kappa shape index (κ1) is 15.2. The summed E-state index contributed by atoms with van der Waals surface area (Å²) in [5.74, 6) is 0.118. The molecule has 0 spiro atoms. The number of likely N-dealkylation sites (N-methyl/N-ethyl adjacent to an activating group) is 1. The van der Waals surface area contributed by atoms with E-state index in [2.05, 4.69) is 9.88 Å². The fourth-order valence-corrected chi connectivity index (χ4v) is 3.32. The van der Waals surface area contributed by atoms with Gasteiger partial charge in [-0.25, -0.2) is 4.98 Å². The van der Waals surface area contributed by atoms with Crippen LogP contribution in [-0.2, 0) is 11.2 Å². The second kappa shape index (κ2) is 6.51. The number of anilines is 1. The number of hydrogen-bond donors (Lipinski definition) is 2. The highest BCUT2D eigenvalue weighted by molar-refractivity contribution is 7.15. The number of carbonyl (C=O) groups excluding carboxylic acids is 1. The Labute approximate surface area is 123 Å². The fourth-order valence-electron chi connectivity index (χ4n) is 2.50. The van der Waals surface area contributed by atoms with E-state index >= 15 is 0 Å². The minimum atomic E-state index is 0.118. The maximum Gasteiger partial charge on any atom is 0.227 e. The number of hydrogen-bond acceptors (Lipinski definition) is 6. The van der Waals surface area contributed by atoms with Gasteiger partial charge in [0.15, 0.2) is 5.13 Å². The summed E-state index contributed by atoms with van der Waals surface area (Å²) in [5, 5.41) is 9.60. The van der Waals surface area contributed by atoms with Crippen molar-refractivity contribution in [2.45, 2.75) is 25.8 Å². The molecule has 6 nitrogen and oxygen atoms in total. The minimum Gasteiger partial charge on any atom is -0.396 e. The summed E-state index contributed by atoms with van der Waals surface area (Å²) in [6.45, 7) is 4.31. The van der Waals surface area contributed by atoms with E-state index in [1.54, 1.807) is 0 Å². The number of nitrogens with zero attached hydrogens (tertiary/aromatic N) is 3. The second-order valence-electron chi connectivity index (χ2n) is 5.22. The zero-order valence-electron chi connectivity index (χ0n) is 12.0. The summed E-state index contributed by atoms with van der Waals surface area (Å²) < 4.78 is 0. The molecular weight excluding hydrogens is 276 g/mol. The van der Waals surface area contributed by atoms with Gasteiger partial charge in [0.05, 0.1) is 12.1 Å². The Bertz CT molecular complexity index is 477. The topological polar surface area (TPSA) is 82.7 Å². The van der Waals surface area contributed by atoms with Crippen molar-refractivity contribution in [2.75, 3.05) is 39.0 Å². The van der Waals surface area contributed by atoms with Crippen LogP contribution in [0.5, 0.6) is 0 Å². The number of aliphatic hydroxyl groups is 1. The molecule has 1 aromatic heterocycles. The number of nitrogen functional groups attached to an aromatic ring is 1. The van der Waals surface area contributed by atoms with Crippen molar-refractivity contribution >= 4 is 22.4 Å². The van der Waals surface area contributed by atoms with Crippen molar-refractivity contribution in [3.63, 3.8) is 0 Å². The zero-order valence-corrected chi connectivity index (χ0v) is 12.8. The van der Waals surface area contributed by atoms with Gasteiger partial charge in [-0.3, -0.25) is 9.69 Å². The lowest BCUT2D eigenvalue weighted by Gasteiger charge is -2.39. The maximum absolute atomic E-state index is 12.4. The van der Waals surface area contributed by atoms with Crippen molar-refractivity contribution < 1.29 is 9.90 Å². The lowest BCUT2D eigenvalue weighted by atomic mass is 10.1. The van der Waals surface area contributed by atoms with Crippen LogP contribution in [0.15, 0.2) is 0 Å². The smallest absolute Gasteiger partial charge is 0.227 e. The summed E-state index contributed by atoms with van der Waals surface area (Å²) >= 11 is 1.39. The molecule has 1 aromatic rings. The van der Waals surface area contributed by atoms with Crippen molar-refractivity contribution in [3.8, 4) is 0 Å². The number of rotatable bonds is 4. The molecule has 0 radical (unpaired) electrons. The third-order valence-electron chi connectivity index (χ3n) is 3.81. The standard InChI is InChI=1S/C13H22N4O2S/c1-9-11(20-13(14)15-9)7-12(19)17-5-4-16(2)10(8-17)3-6-18/h10,18H,3-8H2,1-2H3,(H2,14,15)/t10-/m1/s1. The quantitative estimate of drug-likeness (QED) is 0.824. The van der Waals surface area contributed by atoms with Gasteiger partial charge in [0.2, 0.25) is 5.91 Å². The number of piperazine rings is 1. The molecule has 1 saturated heterocycles. The Morgan fingerprint density at radius 1 is 1.55 bits per heavy atom.